The van der Waals surface area contributed by atoms with Crippen molar-refractivity contribution in [3.8, 4) is 0 Å². The van der Waals surface area contributed by atoms with Crippen LogP contribution in [-0.4, -0.2) is 17.7 Å². The lowest BCUT2D eigenvalue weighted by Crippen LogP contribution is -2.27. The smallest absolute Gasteiger partial charge is 0.167 e. The fraction of sp³-hybridized carbons (Fsp3) is 0.316. The molecule has 0 fully saturated rings. The van der Waals surface area contributed by atoms with Gasteiger partial charge in [-0.15, -0.1) is 0 Å². The summed E-state index contributed by atoms with van der Waals surface area (Å²) >= 11 is 0. The minimum absolute atomic E-state index is 0.0236. The number of benzene rings is 2. The lowest BCUT2D eigenvalue weighted by atomic mass is 9.99. The SMILES string of the molecule is Cc1ccc2c(c1)C(N(C)Cc1ccccc1)C(C)C2=O. The number of Topliss-reactive ketones (excluding diaryl/α,β-unsaturated/α-hetero) is 1. The largest absolute Gasteiger partial charge is 0.294 e. The average molecular weight is 279 g/mol. The summed E-state index contributed by atoms with van der Waals surface area (Å²) in [6, 6.07) is 16.8. The van der Waals surface area contributed by atoms with Gasteiger partial charge in [-0.1, -0.05) is 61.0 Å². The Morgan fingerprint density at radius 2 is 1.81 bits per heavy atom. The van der Waals surface area contributed by atoms with Crippen molar-refractivity contribution in [2.24, 2.45) is 5.92 Å². The first-order valence-corrected chi connectivity index (χ1v) is 7.47. The van der Waals surface area contributed by atoms with E-state index < -0.39 is 0 Å². The second-order valence-corrected chi connectivity index (χ2v) is 6.09. The number of nitrogens with zero attached hydrogens (tertiary/aromatic N) is 1. The minimum atomic E-state index is 0.0236. The van der Waals surface area contributed by atoms with Crippen LogP contribution in [0.15, 0.2) is 48.5 Å². The zero-order valence-electron chi connectivity index (χ0n) is 12.8. The fourth-order valence-corrected chi connectivity index (χ4v) is 3.40. The van der Waals surface area contributed by atoms with Gasteiger partial charge in [0, 0.05) is 24.1 Å². The quantitative estimate of drug-likeness (QED) is 0.846. The molecular formula is C19H21NO. The lowest BCUT2D eigenvalue weighted by Gasteiger charge is -2.28. The molecule has 2 aromatic carbocycles. The van der Waals surface area contributed by atoms with E-state index in [4.69, 9.17) is 0 Å². The van der Waals surface area contributed by atoms with Crippen molar-refractivity contribution in [1.82, 2.24) is 4.90 Å². The van der Waals surface area contributed by atoms with Crippen molar-refractivity contribution in [2.45, 2.75) is 26.4 Å². The number of fused-ring (bicyclic) bond motifs is 1. The number of rotatable bonds is 3. The lowest BCUT2D eigenvalue weighted by molar-refractivity contribution is 0.0871. The van der Waals surface area contributed by atoms with E-state index in [1.54, 1.807) is 0 Å². The molecule has 0 saturated heterocycles. The summed E-state index contributed by atoms with van der Waals surface area (Å²) in [4.78, 5) is 14.7. The van der Waals surface area contributed by atoms with Gasteiger partial charge in [0.15, 0.2) is 5.78 Å². The summed E-state index contributed by atoms with van der Waals surface area (Å²) in [5.41, 5.74) is 4.58. The van der Waals surface area contributed by atoms with Gasteiger partial charge in [-0.3, -0.25) is 9.69 Å². The minimum Gasteiger partial charge on any atom is -0.294 e. The van der Waals surface area contributed by atoms with Crippen molar-refractivity contribution in [3.63, 3.8) is 0 Å². The van der Waals surface area contributed by atoms with Gasteiger partial charge >= 0.3 is 0 Å². The monoisotopic (exact) mass is 279 g/mol. The predicted molar refractivity (Wildman–Crippen MR) is 85.3 cm³/mol. The van der Waals surface area contributed by atoms with E-state index in [0.29, 0.717) is 0 Å². The topological polar surface area (TPSA) is 20.3 Å². The summed E-state index contributed by atoms with van der Waals surface area (Å²) in [7, 11) is 2.11. The first-order chi connectivity index (χ1) is 10.1. The second kappa shape index (κ2) is 5.45. The molecule has 0 aromatic heterocycles. The van der Waals surface area contributed by atoms with Crippen LogP contribution in [0.3, 0.4) is 0 Å². The molecule has 0 saturated carbocycles. The fourth-order valence-electron chi connectivity index (χ4n) is 3.40. The van der Waals surface area contributed by atoms with Gasteiger partial charge in [-0.2, -0.15) is 0 Å². The molecule has 0 aliphatic heterocycles. The van der Waals surface area contributed by atoms with E-state index >= 15 is 0 Å². The van der Waals surface area contributed by atoms with Crippen molar-refractivity contribution in [1.29, 1.82) is 0 Å². The highest BCUT2D eigenvalue weighted by Crippen LogP contribution is 2.40. The molecule has 0 heterocycles. The van der Waals surface area contributed by atoms with E-state index in [9.17, 15) is 4.79 Å². The Kier molecular flexibility index (Phi) is 3.64. The molecule has 2 unspecified atom stereocenters. The molecular weight excluding hydrogens is 258 g/mol. The number of carbonyl (C=O) groups excluding carboxylic acids is 1. The van der Waals surface area contributed by atoms with Gasteiger partial charge in [-0.05, 0) is 25.1 Å². The first-order valence-electron chi connectivity index (χ1n) is 7.47. The molecule has 2 aromatic rings. The van der Waals surface area contributed by atoms with Gasteiger partial charge in [0.25, 0.3) is 0 Å². The van der Waals surface area contributed by atoms with Crippen LogP contribution in [0.1, 0.15) is 40.0 Å². The zero-order valence-corrected chi connectivity index (χ0v) is 12.8. The third-order valence-electron chi connectivity index (χ3n) is 4.43. The second-order valence-electron chi connectivity index (χ2n) is 6.09. The Hall–Kier alpha value is -1.93. The van der Waals surface area contributed by atoms with Crippen LogP contribution in [-0.2, 0) is 6.54 Å². The molecule has 21 heavy (non-hydrogen) atoms. The van der Waals surface area contributed by atoms with Gasteiger partial charge in [0.05, 0.1) is 0 Å². The van der Waals surface area contributed by atoms with Crippen LogP contribution in [0, 0.1) is 12.8 Å². The third kappa shape index (κ3) is 2.52. The number of hydrogen-bond donors (Lipinski definition) is 0. The zero-order chi connectivity index (χ0) is 15.0. The van der Waals surface area contributed by atoms with Crippen LogP contribution in [0.5, 0.6) is 0 Å². The molecule has 108 valence electrons. The Morgan fingerprint density at radius 1 is 1.10 bits per heavy atom. The summed E-state index contributed by atoms with van der Waals surface area (Å²) in [5, 5.41) is 0. The summed E-state index contributed by atoms with van der Waals surface area (Å²) in [6.45, 7) is 4.99. The number of ketones is 1. The number of aryl methyl sites for hydroxylation is 1. The van der Waals surface area contributed by atoms with Crippen LogP contribution in [0.2, 0.25) is 0 Å². The Balaban J connectivity index is 1.92. The third-order valence-corrected chi connectivity index (χ3v) is 4.43. The van der Waals surface area contributed by atoms with Crippen LogP contribution >= 0.6 is 0 Å². The van der Waals surface area contributed by atoms with Crippen molar-refractivity contribution >= 4 is 5.78 Å². The molecule has 2 heteroatoms. The molecule has 0 radical (unpaired) electrons. The van der Waals surface area contributed by atoms with E-state index in [1.807, 2.05) is 25.1 Å². The maximum absolute atomic E-state index is 12.4. The number of hydrogen-bond acceptors (Lipinski definition) is 2. The van der Waals surface area contributed by atoms with Crippen molar-refractivity contribution in [3.05, 3.63) is 70.8 Å². The first kappa shape index (κ1) is 14.0. The Labute approximate surface area is 126 Å². The normalized spacial score (nSPS) is 20.9. The van der Waals surface area contributed by atoms with Crippen LogP contribution in [0.4, 0.5) is 0 Å². The molecule has 0 amide bonds. The van der Waals surface area contributed by atoms with Gasteiger partial charge in [0.1, 0.15) is 0 Å². The average Bonchev–Trinajstić information content (AvgIpc) is 2.71. The van der Waals surface area contributed by atoms with Crippen molar-refractivity contribution < 1.29 is 4.79 Å². The standard InChI is InChI=1S/C19H21NO/c1-13-9-10-16-17(11-13)18(14(2)19(16)21)20(3)12-15-7-5-4-6-8-15/h4-11,14,18H,12H2,1-3H3. The molecule has 0 N–H and O–H groups in total. The number of carbonyl (C=O) groups is 1. The van der Waals surface area contributed by atoms with Gasteiger partial charge in [0.2, 0.25) is 0 Å². The van der Waals surface area contributed by atoms with Gasteiger partial charge < -0.3 is 0 Å². The van der Waals surface area contributed by atoms with Crippen LogP contribution < -0.4 is 0 Å². The molecule has 0 bridgehead atoms. The van der Waals surface area contributed by atoms with E-state index in [2.05, 4.69) is 49.2 Å². The Bertz CT molecular complexity index is 663. The molecule has 0 spiro atoms. The highest BCUT2D eigenvalue weighted by Gasteiger charge is 2.38. The Morgan fingerprint density at radius 3 is 2.52 bits per heavy atom. The molecule has 3 rings (SSSR count). The highest BCUT2D eigenvalue weighted by atomic mass is 16.1. The van der Waals surface area contributed by atoms with Gasteiger partial charge in [-0.25, -0.2) is 0 Å². The maximum Gasteiger partial charge on any atom is 0.167 e. The van der Waals surface area contributed by atoms with E-state index in [0.717, 1.165) is 12.1 Å². The van der Waals surface area contributed by atoms with E-state index in [1.165, 1.54) is 16.7 Å². The molecule has 2 nitrogen and oxygen atoms in total. The summed E-state index contributed by atoms with van der Waals surface area (Å²) < 4.78 is 0. The van der Waals surface area contributed by atoms with E-state index in [-0.39, 0.29) is 17.7 Å². The summed E-state index contributed by atoms with van der Waals surface area (Å²) in [5.74, 6) is 0.297. The molecule has 2 atom stereocenters. The molecule has 1 aliphatic carbocycles. The van der Waals surface area contributed by atoms with Crippen molar-refractivity contribution in [2.75, 3.05) is 7.05 Å². The predicted octanol–water partition coefficient (Wildman–Crippen LogP) is 4.00. The summed E-state index contributed by atoms with van der Waals surface area (Å²) in [6.07, 6.45) is 0. The molecule has 1 aliphatic rings. The van der Waals surface area contributed by atoms with Crippen LogP contribution in [0.25, 0.3) is 0 Å². The highest BCUT2D eigenvalue weighted by molar-refractivity contribution is 6.02. The maximum atomic E-state index is 12.4.